The van der Waals surface area contributed by atoms with Gasteiger partial charge in [0, 0.05) is 30.9 Å². The normalized spacial score (nSPS) is 28.4. The van der Waals surface area contributed by atoms with Crippen LogP contribution in [0.15, 0.2) is 18.2 Å². The Morgan fingerprint density at radius 1 is 1.25 bits per heavy atom. The highest BCUT2D eigenvalue weighted by atomic mass is 16.2. The summed E-state index contributed by atoms with van der Waals surface area (Å²) >= 11 is 0. The monoisotopic (exact) mass is 327 g/mol. The van der Waals surface area contributed by atoms with Crippen LogP contribution in [0, 0.1) is 5.92 Å². The quantitative estimate of drug-likeness (QED) is 0.877. The number of carbonyl (C=O) groups is 2. The summed E-state index contributed by atoms with van der Waals surface area (Å²) in [6, 6.07) is 6.32. The SMILES string of the molecule is CC(=O)N1CCc2cc(NC(=O)C3CC4CCCCC4N3)ccc21. The molecule has 4 rings (SSSR count). The number of rotatable bonds is 2. The van der Waals surface area contributed by atoms with Crippen LogP contribution in [0.3, 0.4) is 0 Å². The number of amides is 2. The first kappa shape index (κ1) is 15.6. The first-order valence-electron chi connectivity index (χ1n) is 9.10. The van der Waals surface area contributed by atoms with Gasteiger partial charge in [0.25, 0.3) is 0 Å². The zero-order chi connectivity index (χ0) is 16.7. The van der Waals surface area contributed by atoms with Gasteiger partial charge in [0.1, 0.15) is 0 Å². The number of benzene rings is 1. The van der Waals surface area contributed by atoms with Crippen LogP contribution in [0.5, 0.6) is 0 Å². The fourth-order valence-electron chi connectivity index (χ4n) is 4.56. The van der Waals surface area contributed by atoms with Crippen LogP contribution in [0.1, 0.15) is 44.6 Å². The van der Waals surface area contributed by atoms with Gasteiger partial charge in [-0.05, 0) is 55.4 Å². The minimum Gasteiger partial charge on any atom is -0.325 e. The molecule has 24 heavy (non-hydrogen) atoms. The van der Waals surface area contributed by atoms with Gasteiger partial charge >= 0.3 is 0 Å². The number of nitrogens with one attached hydrogen (secondary N) is 2. The zero-order valence-electron chi connectivity index (χ0n) is 14.2. The van der Waals surface area contributed by atoms with Crippen LogP contribution >= 0.6 is 0 Å². The van der Waals surface area contributed by atoms with Gasteiger partial charge in [-0.1, -0.05) is 12.8 Å². The van der Waals surface area contributed by atoms with Crippen molar-refractivity contribution in [3.05, 3.63) is 23.8 Å². The molecule has 2 amide bonds. The Labute approximate surface area is 142 Å². The smallest absolute Gasteiger partial charge is 0.241 e. The molecule has 2 fully saturated rings. The second kappa shape index (κ2) is 6.20. The van der Waals surface area contributed by atoms with Crippen LogP contribution in [-0.4, -0.2) is 30.4 Å². The summed E-state index contributed by atoms with van der Waals surface area (Å²) in [4.78, 5) is 26.0. The molecule has 1 aliphatic carbocycles. The Kier molecular flexibility index (Phi) is 4.04. The van der Waals surface area contributed by atoms with Crippen molar-refractivity contribution in [2.45, 2.75) is 57.5 Å². The molecule has 2 aliphatic heterocycles. The third-order valence-electron chi connectivity index (χ3n) is 5.80. The maximum atomic E-state index is 12.6. The summed E-state index contributed by atoms with van der Waals surface area (Å²) in [5, 5.41) is 6.58. The molecule has 5 nitrogen and oxygen atoms in total. The highest BCUT2D eigenvalue weighted by molar-refractivity contribution is 5.97. The van der Waals surface area contributed by atoms with Crippen molar-refractivity contribution in [1.82, 2.24) is 5.32 Å². The van der Waals surface area contributed by atoms with Gasteiger partial charge in [-0.15, -0.1) is 0 Å². The van der Waals surface area contributed by atoms with E-state index in [1.807, 2.05) is 18.2 Å². The van der Waals surface area contributed by atoms with Crippen LogP contribution in [0.25, 0.3) is 0 Å². The van der Waals surface area contributed by atoms with Crippen molar-refractivity contribution in [2.75, 3.05) is 16.8 Å². The molecule has 1 aromatic carbocycles. The van der Waals surface area contributed by atoms with E-state index < -0.39 is 0 Å². The summed E-state index contributed by atoms with van der Waals surface area (Å²) in [6.07, 6.45) is 6.84. The molecular weight excluding hydrogens is 302 g/mol. The van der Waals surface area contributed by atoms with Crippen molar-refractivity contribution in [2.24, 2.45) is 5.92 Å². The average Bonchev–Trinajstić information content (AvgIpc) is 3.18. The number of fused-ring (bicyclic) bond motifs is 2. The third kappa shape index (κ3) is 2.81. The van der Waals surface area contributed by atoms with E-state index in [-0.39, 0.29) is 17.9 Å². The van der Waals surface area contributed by atoms with Gasteiger partial charge in [0.2, 0.25) is 11.8 Å². The van der Waals surface area contributed by atoms with Crippen LogP contribution < -0.4 is 15.5 Å². The highest BCUT2D eigenvalue weighted by Crippen LogP contribution is 2.34. The summed E-state index contributed by atoms with van der Waals surface area (Å²) in [7, 11) is 0. The molecule has 0 aromatic heterocycles. The first-order valence-corrected chi connectivity index (χ1v) is 9.10. The number of hydrogen-bond donors (Lipinski definition) is 2. The summed E-state index contributed by atoms with van der Waals surface area (Å²) in [6.45, 7) is 2.32. The maximum absolute atomic E-state index is 12.6. The van der Waals surface area contributed by atoms with Crippen LogP contribution in [0.4, 0.5) is 11.4 Å². The Balaban J connectivity index is 1.43. The predicted octanol–water partition coefficient (Wildman–Crippen LogP) is 2.45. The van der Waals surface area contributed by atoms with Gasteiger partial charge in [-0.2, -0.15) is 0 Å². The molecule has 2 N–H and O–H groups in total. The molecule has 1 saturated carbocycles. The van der Waals surface area contributed by atoms with E-state index in [0.717, 1.165) is 36.3 Å². The second-order valence-corrected chi connectivity index (χ2v) is 7.36. The number of hydrogen-bond acceptors (Lipinski definition) is 3. The number of anilines is 2. The lowest BCUT2D eigenvalue weighted by Gasteiger charge is -2.24. The maximum Gasteiger partial charge on any atom is 0.241 e. The van der Waals surface area contributed by atoms with E-state index in [2.05, 4.69) is 10.6 Å². The lowest BCUT2D eigenvalue weighted by Crippen LogP contribution is -2.39. The van der Waals surface area contributed by atoms with E-state index in [4.69, 9.17) is 0 Å². The molecule has 1 aromatic rings. The molecule has 0 spiro atoms. The summed E-state index contributed by atoms with van der Waals surface area (Å²) in [5.41, 5.74) is 2.95. The first-order chi connectivity index (χ1) is 11.6. The van der Waals surface area contributed by atoms with E-state index in [1.165, 1.54) is 25.7 Å². The van der Waals surface area contributed by atoms with Gasteiger partial charge in [-0.25, -0.2) is 0 Å². The highest BCUT2D eigenvalue weighted by Gasteiger charge is 2.38. The Hall–Kier alpha value is -1.88. The van der Waals surface area contributed by atoms with Crippen molar-refractivity contribution in [3.63, 3.8) is 0 Å². The summed E-state index contributed by atoms with van der Waals surface area (Å²) < 4.78 is 0. The molecule has 5 heteroatoms. The fraction of sp³-hybridized carbons (Fsp3) is 0.579. The topological polar surface area (TPSA) is 61.4 Å². The Morgan fingerprint density at radius 2 is 2.08 bits per heavy atom. The molecule has 0 bridgehead atoms. The van der Waals surface area contributed by atoms with Crippen LogP contribution in [-0.2, 0) is 16.0 Å². The summed E-state index contributed by atoms with van der Waals surface area (Å²) in [5.74, 6) is 0.813. The second-order valence-electron chi connectivity index (χ2n) is 7.36. The molecular formula is C19H25N3O2. The fourth-order valence-corrected chi connectivity index (χ4v) is 4.56. The third-order valence-corrected chi connectivity index (χ3v) is 5.80. The van der Waals surface area contributed by atoms with Crippen molar-refractivity contribution in [3.8, 4) is 0 Å². The molecule has 2 heterocycles. The molecule has 3 aliphatic rings. The van der Waals surface area contributed by atoms with E-state index in [1.54, 1.807) is 11.8 Å². The van der Waals surface area contributed by atoms with Crippen molar-refractivity contribution >= 4 is 23.2 Å². The van der Waals surface area contributed by atoms with Gasteiger partial charge in [-0.3, -0.25) is 9.59 Å². The predicted molar refractivity (Wildman–Crippen MR) is 94.1 cm³/mol. The Bertz CT molecular complexity index is 659. The molecule has 3 atom stereocenters. The van der Waals surface area contributed by atoms with E-state index in [9.17, 15) is 9.59 Å². The molecule has 0 radical (unpaired) electrons. The van der Waals surface area contributed by atoms with Crippen LogP contribution in [0.2, 0.25) is 0 Å². The van der Waals surface area contributed by atoms with Crippen molar-refractivity contribution in [1.29, 1.82) is 0 Å². The number of carbonyl (C=O) groups excluding carboxylic acids is 2. The lowest BCUT2D eigenvalue weighted by atomic mass is 9.85. The van der Waals surface area contributed by atoms with Gasteiger partial charge < -0.3 is 15.5 Å². The number of nitrogens with zero attached hydrogens (tertiary/aromatic N) is 1. The Morgan fingerprint density at radius 3 is 2.88 bits per heavy atom. The zero-order valence-corrected chi connectivity index (χ0v) is 14.2. The standard InChI is InChI=1S/C19H25N3O2/c1-12(23)22-9-8-14-10-15(6-7-18(14)22)20-19(24)17-11-13-4-2-3-5-16(13)21-17/h6-7,10,13,16-17,21H,2-5,8-9,11H2,1H3,(H,20,24). The molecule has 1 saturated heterocycles. The molecule has 128 valence electrons. The van der Waals surface area contributed by atoms with Crippen molar-refractivity contribution < 1.29 is 9.59 Å². The van der Waals surface area contributed by atoms with Gasteiger partial charge in [0.05, 0.1) is 6.04 Å². The van der Waals surface area contributed by atoms with Gasteiger partial charge in [0.15, 0.2) is 0 Å². The van der Waals surface area contributed by atoms with E-state index in [0.29, 0.717) is 12.0 Å². The lowest BCUT2D eigenvalue weighted by molar-refractivity contribution is -0.118. The minimum absolute atomic E-state index is 0.0694. The van der Waals surface area contributed by atoms with E-state index >= 15 is 0 Å². The minimum atomic E-state index is -0.0694. The average molecular weight is 327 g/mol. The molecule has 3 unspecified atom stereocenters. The largest absolute Gasteiger partial charge is 0.325 e.